The maximum atomic E-state index is 4.45. The Hall–Kier alpha value is -2.35. The van der Waals surface area contributed by atoms with E-state index in [-0.39, 0.29) is 24.0 Å². The van der Waals surface area contributed by atoms with Crippen LogP contribution in [0.3, 0.4) is 0 Å². The minimum Gasteiger partial charge on any atom is -0.352 e. The second-order valence-electron chi connectivity index (χ2n) is 6.74. The first-order chi connectivity index (χ1) is 13.1. The van der Waals surface area contributed by atoms with E-state index in [2.05, 4.69) is 71.1 Å². The topological polar surface area (TPSA) is 54.2 Å². The average molecular weight is 489 g/mol. The zero-order valence-electron chi connectivity index (χ0n) is 16.6. The van der Waals surface area contributed by atoms with Crippen LogP contribution in [0, 0.1) is 13.8 Å². The molecule has 0 spiro atoms. The van der Waals surface area contributed by atoms with Crippen LogP contribution in [-0.4, -0.2) is 22.8 Å². The Morgan fingerprint density at radius 3 is 2.46 bits per heavy atom. The summed E-state index contributed by atoms with van der Waals surface area (Å²) in [4.78, 5) is 4.31. The molecule has 2 N–H and O–H groups in total. The molecule has 6 heteroatoms. The molecule has 3 aromatic rings. The molecule has 0 aliphatic carbocycles. The Balaban J connectivity index is 0.00000280. The van der Waals surface area contributed by atoms with E-state index >= 15 is 0 Å². The molecule has 0 radical (unpaired) electrons. The molecule has 1 heterocycles. The van der Waals surface area contributed by atoms with E-state index in [1.54, 1.807) is 7.05 Å². The monoisotopic (exact) mass is 489 g/mol. The number of nitrogens with one attached hydrogen (secondary N) is 2. The van der Waals surface area contributed by atoms with E-state index in [9.17, 15) is 0 Å². The molecule has 0 aliphatic heterocycles. The standard InChI is InChI=1S/C22H27N5.HI/c1-17-9-10-21(18(2)11-17)14-25-22(23-3)24-12-20-13-26-27(16-20)15-19-7-5-4-6-8-19;/h4-11,13,16H,12,14-15H2,1-3H3,(H2,23,24,25);1H. The van der Waals surface area contributed by atoms with Crippen LogP contribution >= 0.6 is 24.0 Å². The van der Waals surface area contributed by atoms with Crippen molar-refractivity contribution in [2.24, 2.45) is 4.99 Å². The fraction of sp³-hybridized carbons (Fsp3) is 0.273. The molecule has 1 aromatic heterocycles. The van der Waals surface area contributed by atoms with Crippen LogP contribution in [0.25, 0.3) is 0 Å². The van der Waals surface area contributed by atoms with Crippen LogP contribution < -0.4 is 10.6 Å². The smallest absolute Gasteiger partial charge is 0.191 e. The highest BCUT2D eigenvalue weighted by Gasteiger charge is 2.04. The van der Waals surface area contributed by atoms with Crippen LogP contribution in [0.5, 0.6) is 0 Å². The SMILES string of the molecule is CN=C(NCc1cnn(Cc2ccccc2)c1)NCc1ccc(C)cc1C.I. The van der Waals surface area contributed by atoms with Crippen molar-refractivity contribution in [3.8, 4) is 0 Å². The molecular formula is C22H28IN5. The summed E-state index contributed by atoms with van der Waals surface area (Å²) in [6.07, 6.45) is 3.96. The summed E-state index contributed by atoms with van der Waals surface area (Å²) < 4.78 is 1.96. The maximum absolute atomic E-state index is 4.45. The van der Waals surface area contributed by atoms with Crippen LogP contribution in [-0.2, 0) is 19.6 Å². The maximum Gasteiger partial charge on any atom is 0.191 e. The van der Waals surface area contributed by atoms with Gasteiger partial charge in [0.05, 0.1) is 12.7 Å². The number of halogens is 1. The molecule has 5 nitrogen and oxygen atoms in total. The summed E-state index contributed by atoms with van der Waals surface area (Å²) in [6, 6.07) is 16.9. The molecule has 0 aliphatic rings. The van der Waals surface area contributed by atoms with Gasteiger partial charge in [0.1, 0.15) is 0 Å². The molecule has 3 rings (SSSR count). The molecule has 0 bridgehead atoms. The molecule has 0 amide bonds. The first-order valence-electron chi connectivity index (χ1n) is 9.20. The summed E-state index contributed by atoms with van der Waals surface area (Å²) >= 11 is 0. The second kappa shape index (κ2) is 10.8. The minimum atomic E-state index is 0. The molecule has 148 valence electrons. The lowest BCUT2D eigenvalue weighted by Gasteiger charge is -2.13. The van der Waals surface area contributed by atoms with E-state index in [0.29, 0.717) is 6.54 Å². The third-order valence-corrected chi connectivity index (χ3v) is 4.50. The van der Waals surface area contributed by atoms with Crippen molar-refractivity contribution in [1.82, 2.24) is 20.4 Å². The van der Waals surface area contributed by atoms with Gasteiger partial charge in [-0.15, -0.1) is 24.0 Å². The largest absolute Gasteiger partial charge is 0.352 e. The lowest BCUT2D eigenvalue weighted by molar-refractivity contribution is 0.685. The van der Waals surface area contributed by atoms with Crippen LogP contribution in [0.4, 0.5) is 0 Å². The number of rotatable bonds is 6. The number of guanidine groups is 1. The highest BCUT2D eigenvalue weighted by molar-refractivity contribution is 14.0. The third kappa shape index (κ3) is 6.37. The Labute approximate surface area is 184 Å². The van der Waals surface area contributed by atoms with Crippen molar-refractivity contribution in [2.45, 2.75) is 33.5 Å². The van der Waals surface area contributed by atoms with Gasteiger partial charge in [0.15, 0.2) is 5.96 Å². The number of hydrogen-bond acceptors (Lipinski definition) is 2. The summed E-state index contributed by atoms with van der Waals surface area (Å²) in [5.74, 6) is 0.783. The second-order valence-corrected chi connectivity index (χ2v) is 6.74. The van der Waals surface area contributed by atoms with Gasteiger partial charge in [-0.05, 0) is 30.5 Å². The Bertz CT molecular complexity index is 902. The number of benzene rings is 2. The van der Waals surface area contributed by atoms with Crippen LogP contribution in [0.2, 0.25) is 0 Å². The predicted molar refractivity (Wildman–Crippen MR) is 126 cm³/mol. The highest BCUT2D eigenvalue weighted by Crippen LogP contribution is 2.10. The van der Waals surface area contributed by atoms with Gasteiger partial charge in [-0.2, -0.15) is 5.10 Å². The van der Waals surface area contributed by atoms with Crippen molar-refractivity contribution in [2.75, 3.05) is 7.05 Å². The number of hydrogen-bond donors (Lipinski definition) is 2. The zero-order chi connectivity index (χ0) is 19.1. The summed E-state index contributed by atoms with van der Waals surface area (Å²) in [5, 5.41) is 11.2. The fourth-order valence-corrected chi connectivity index (χ4v) is 2.98. The van der Waals surface area contributed by atoms with Crippen LogP contribution in [0.1, 0.15) is 27.8 Å². The third-order valence-electron chi connectivity index (χ3n) is 4.50. The molecular weight excluding hydrogens is 461 g/mol. The lowest BCUT2D eigenvalue weighted by atomic mass is 10.1. The summed E-state index contributed by atoms with van der Waals surface area (Å²) in [7, 11) is 1.79. The van der Waals surface area contributed by atoms with Gasteiger partial charge in [-0.1, -0.05) is 54.1 Å². The lowest BCUT2D eigenvalue weighted by Crippen LogP contribution is -2.36. The average Bonchev–Trinajstić information content (AvgIpc) is 3.11. The first-order valence-corrected chi connectivity index (χ1v) is 9.20. The van der Waals surface area contributed by atoms with E-state index < -0.39 is 0 Å². The molecule has 0 unspecified atom stereocenters. The number of nitrogens with zero attached hydrogens (tertiary/aromatic N) is 3. The van der Waals surface area contributed by atoms with Gasteiger partial charge < -0.3 is 10.6 Å². The predicted octanol–water partition coefficient (Wildman–Crippen LogP) is 4.03. The van der Waals surface area contributed by atoms with Crippen molar-refractivity contribution in [3.63, 3.8) is 0 Å². The molecule has 28 heavy (non-hydrogen) atoms. The van der Waals surface area contributed by atoms with Gasteiger partial charge in [0.2, 0.25) is 0 Å². The van der Waals surface area contributed by atoms with Gasteiger partial charge >= 0.3 is 0 Å². The van der Waals surface area contributed by atoms with Crippen molar-refractivity contribution >= 4 is 29.9 Å². The Morgan fingerprint density at radius 1 is 1.00 bits per heavy atom. The zero-order valence-corrected chi connectivity index (χ0v) is 19.0. The van der Waals surface area contributed by atoms with Crippen molar-refractivity contribution in [3.05, 3.63) is 88.7 Å². The minimum absolute atomic E-state index is 0. The van der Waals surface area contributed by atoms with Crippen LogP contribution in [0.15, 0.2) is 65.9 Å². The van der Waals surface area contributed by atoms with Gasteiger partial charge in [0.25, 0.3) is 0 Å². The Kier molecular flexibility index (Phi) is 8.50. The van der Waals surface area contributed by atoms with E-state index in [4.69, 9.17) is 0 Å². The van der Waals surface area contributed by atoms with Crippen molar-refractivity contribution < 1.29 is 0 Å². The number of aliphatic imine (C=N–C) groups is 1. The molecule has 0 saturated carbocycles. The molecule has 0 saturated heterocycles. The van der Waals surface area contributed by atoms with Gasteiger partial charge in [-0.3, -0.25) is 9.67 Å². The normalized spacial score (nSPS) is 11.0. The molecule has 2 aromatic carbocycles. The van der Waals surface area contributed by atoms with E-state index in [1.807, 2.05) is 29.1 Å². The van der Waals surface area contributed by atoms with E-state index in [1.165, 1.54) is 22.3 Å². The van der Waals surface area contributed by atoms with Crippen molar-refractivity contribution in [1.29, 1.82) is 0 Å². The molecule has 0 fully saturated rings. The first kappa shape index (κ1) is 21.9. The Morgan fingerprint density at radius 2 is 1.75 bits per heavy atom. The number of aryl methyl sites for hydroxylation is 2. The number of aromatic nitrogens is 2. The van der Waals surface area contributed by atoms with Gasteiger partial charge in [-0.25, -0.2) is 0 Å². The quantitative estimate of drug-likeness (QED) is 0.313. The summed E-state index contributed by atoms with van der Waals surface area (Å²) in [6.45, 7) is 6.46. The molecule has 0 atom stereocenters. The fourth-order valence-electron chi connectivity index (χ4n) is 2.98. The van der Waals surface area contributed by atoms with Gasteiger partial charge in [0, 0.05) is 31.9 Å². The van der Waals surface area contributed by atoms with E-state index in [0.717, 1.165) is 24.6 Å². The summed E-state index contributed by atoms with van der Waals surface area (Å²) in [5.41, 5.74) is 6.22. The highest BCUT2D eigenvalue weighted by atomic mass is 127.